The predicted octanol–water partition coefficient (Wildman–Crippen LogP) is 4.24. The Labute approximate surface area is 132 Å². The summed E-state index contributed by atoms with van der Waals surface area (Å²) in [5.74, 6) is 0.721. The number of hydrogen-bond acceptors (Lipinski definition) is 3. The third-order valence-electron chi connectivity index (χ3n) is 3.39. The maximum absolute atomic E-state index is 12.1. The number of aromatic nitrogens is 1. The van der Waals surface area contributed by atoms with E-state index in [4.69, 9.17) is 0 Å². The second-order valence-corrected chi connectivity index (χ2v) is 5.39. The van der Waals surface area contributed by atoms with Gasteiger partial charge in [0, 0.05) is 12.1 Å². The fraction of sp³-hybridized carbons (Fsp3) is 0.333. The molecule has 0 spiro atoms. The first-order valence-electron chi connectivity index (χ1n) is 7.77. The van der Waals surface area contributed by atoms with E-state index >= 15 is 0 Å². The Kier molecular flexibility index (Phi) is 5.95. The molecule has 0 aliphatic carbocycles. The third-order valence-corrected chi connectivity index (χ3v) is 3.39. The number of amides is 1. The SMILES string of the molecule is CCCCCNc1ccc(NC(=O)c2cccc(C)c2)cn1. The molecular formula is C18H23N3O. The first-order valence-corrected chi connectivity index (χ1v) is 7.77. The van der Waals surface area contributed by atoms with Gasteiger partial charge in [-0.1, -0.05) is 37.5 Å². The van der Waals surface area contributed by atoms with Gasteiger partial charge in [-0.05, 0) is 37.6 Å². The Morgan fingerprint density at radius 2 is 2.05 bits per heavy atom. The number of pyridine rings is 1. The summed E-state index contributed by atoms with van der Waals surface area (Å²) in [6.07, 6.45) is 5.25. The second-order valence-electron chi connectivity index (χ2n) is 5.39. The van der Waals surface area contributed by atoms with Gasteiger partial charge >= 0.3 is 0 Å². The van der Waals surface area contributed by atoms with Crippen molar-refractivity contribution < 1.29 is 4.79 Å². The van der Waals surface area contributed by atoms with Crippen LogP contribution in [0.2, 0.25) is 0 Å². The van der Waals surface area contributed by atoms with Crippen molar-refractivity contribution in [3.63, 3.8) is 0 Å². The lowest BCUT2D eigenvalue weighted by molar-refractivity contribution is 0.102. The maximum atomic E-state index is 12.1. The van der Waals surface area contributed by atoms with Crippen LogP contribution in [0.4, 0.5) is 11.5 Å². The molecule has 0 saturated carbocycles. The zero-order valence-corrected chi connectivity index (χ0v) is 13.2. The Morgan fingerprint density at radius 3 is 2.73 bits per heavy atom. The molecule has 0 atom stereocenters. The van der Waals surface area contributed by atoms with Crippen molar-refractivity contribution in [2.24, 2.45) is 0 Å². The van der Waals surface area contributed by atoms with Crippen LogP contribution in [0, 0.1) is 6.92 Å². The van der Waals surface area contributed by atoms with Crippen molar-refractivity contribution in [2.45, 2.75) is 33.1 Å². The minimum absolute atomic E-state index is 0.117. The van der Waals surface area contributed by atoms with Crippen LogP contribution >= 0.6 is 0 Å². The summed E-state index contributed by atoms with van der Waals surface area (Å²) in [5, 5.41) is 6.14. The highest BCUT2D eigenvalue weighted by Gasteiger charge is 2.06. The summed E-state index contributed by atoms with van der Waals surface area (Å²) >= 11 is 0. The Balaban J connectivity index is 1.89. The average Bonchev–Trinajstić information content (AvgIpc) is 2.53. The van der Waals surface area contributed by atoms with Crippen molar-refractivity contribution in [3.8, 4) is 0 Å². The molecule has 4 heteroatoms. The lowest BCUT2D eigenvalue weighted by Gasteiger charge is -2.08. The summed E-state index contributed by atoms with van der Waals surface area (Å²) in [6.45, 7) is 5.08. The molecule has 22 heavy (non-hydrogen) atoms. The van der Waals surface area contributed by atoms with Crippen molar-refractivity contribution in [3.05, 3.63) is 53.7 Å². The second kappa shape index (κ2) is 8.17. The normalized spacial score (nSPS) is 10.3. The first-order chi connectivity index (χ1) is 10.7. The summed E-state index contributed by atoms with van der Waals surface area (Å²) < 4.78 is 0. The van der Waals surface area contributed by atoms with Crippen molar-refractivity contribution in [1.29, 1.82) is 0 Å². The molecule has 0 aliphatic rings. The van der Waals surface area contributed by atoms with Gasteiger partial charge in [0.2, 0.25) is 0 Å². The molecule has 0 saturated heterocycles. The number of carbonyl (C=O) groups is 1. The van der Waals surface area contributed by atoms with Gasteiger partial charge in [-0.25, -0.2) is 4.98 Å². The standard InChI is InChI=1S/C18H23N3O/c1-3-4-5-11-19-17-10-9-16(13-20-17)21-18(22)15-8-6-7-14(2)12-15/h6-10,12-13H,3-5,11H2,1-2H3,(H,19,20)(H,21,22). The smallest absolute Gasteiger partial charge is 0.255 e. The molecule has 0 aliphatic heterocycles. The van der Waals surface area contributed by atoms with E-state index in [1.54, 1.807) is 12.3 Å². The van der Waals surface area contributed by atoms with Gasteiger partial charge in [0.1, 0.15) is 5.82 Å². The minimum Gasteiger partial charge on any atom is -0.370 e. The largest absolute Gasteiger partial charge is 0.370 e. The van der Waals surface area contributed by atoms with E-state index in [1.165, 1.54) is 12.8 Å². The summed E-state index contributed by atoms with van der Waals surface area (Å²) in [7, 11) is 0. The van der Waals surface area contributed by atoms with Gasteiger partial charge < -0.3 is 10.6 Å². The molecule has 2 N–H and O–H groups in total. The zero-order chi connectivity index (χ0) is 15.8. The molecule has 0 bridgehead atoms. The minimum atomic E-state index is -0.117. The molecule has 2 aromatic rings. The monoisotopic (exact) mass is 297 g/mol. The van der Waals surface area contributed by atoms with E-state index in [2.05, 4.69) is 22.5 Å². The topological polar surface area (TPSA) is 54.0 Å². The van der Waals surface area contributed by atoms with Gasteiger partial charge in [-0.2, -0.15) is 0 Å². The highest BCUT2D eigenvalue weighted by Crippen LogP contribution is 2.12. The third kappa shape index (κ3) is 4.88. The summed E-state index contributed by atoms with van der Waals surface area (Å²) in [6, 6.07) is 11.3. The van der Waals surface area contributed by atoms with Crippen LogP contribution < -0.4 is 10.6 Å². The number of aryl methyl sites for hydroxylation is 1. The Morgan fingerprint density at radius 1 is 1.18 bits per heavy atom. The molecule has 1 amide bonds. The van der Waals surface area contributed by atoms with Gasteiger partial charge in [0.25, 0.3) is 5.91 Å². The van der Waals surface area contributed by atoms with Crippen LogP contribution in [0.5, 0.6) is 0 Å². The number of carbonyl (C=O) groups excluding carboxylic acids is 1. The van der Waals surface area contributed by atoms with Crippen molar-refractivity contribution >= 4 is 17.4 Å². The fourth-order valence-corrected chi connectivity index (χ4v) is 2.15. The molecule has 1 aromatic carbocycles. The lowest BCUT2D eigenvalue weighted by Crippen LogP contribution is -2.12. The molecule has 4 nitrogen and oxygen atoms in total. The molecule has 1 heterocycles. The zero-order valence-electron chi connectivity index (χ0n) is 13.2. The average molecular weight is 297 g/mol. The predicted molar refractivity (Wildman–Crippen MR) is 91.4 cm³/mol. The highest BCUT2D eigenvalue weighted by atomic mass is 16.1. The Hall–Kier alpha value is -2.36. The highest BCUT2D eigenvalue weighted by molar-refractivity contribution is 6.04. The molecule has 0 unspecified atom stereocenters. The molecule has 116 valence electrons. The van der Waals surface area contributed by atoms with Gasteiger partial charge in [0.05, 0.1) is 11.9 Å². The number of unbranched alkanes of at least 4 members (excludes halogenated alkanes) is 2. The fourth-order valence-electron chi connectivity index (χ4n) is 2.15. The van der Waals surface area contributed by atoms with E-state index in [-0.39, 0.29) is 5.91 Å². The van der Waals surface area contributed by atoms with E-state index in [9.17, 15) is 4.79 Å². The number of anilines is 2. The van der Waals surface area contributed by atoms with Gasteiger partial charge in [0.15, 0.2) is 0 Å². The van der Waals surface area contributed by atoms with Gasteiger partial charge in [-0.15, -0.1) is 0 Å². The first kappa shape index (κ1) is 16.0. The van der Waals surface area contributed by atoms with E-state index in [1.807, 2.05) is 37.3 Å². The van der Waals surface area contributed by atoms with Crippen LogP contribution in [0.1, 0.15) is 42.1 Å². The van der Waals surface area contributed by atoms with E-state index < -0.39 is 0 Å². The van der Waals surface area contributed by atoms with E-state index in [0.717, 1.165) is 24.3 Å². The lowest BCUT2D eigenvalue weighted by atomic mass is 10.1. The number of rotatable bonds is 7. The molecule has 0 fully saturated rings. The molecule has 1 aromatic heterocycles. The number of hydrogen-bond donors (Lipinski definition) is 2. The Bertz CT molecular complexity index is 608. The molecule has 2 rings (SSSR count). The van der Waals surface area contributed by atoms with E-state index in [0.29, 0.717) is 11.3 Å². The van der Waals surface area contributed by atoms with Crippen LogP contribution in [-0.4, -0.2) is 17.4 Å². The van der Waals surface area contributed by atoms with Gasteiger partial charge in [-0.3, -0.25) is 4.79 Å². The number of nitrogens with zero attached hydrogens (tertiary/aromatic N) is 1. The van der Waals surface area contributed by atoms with Crippen LogP contribution in [0.25, 0.3) is 0 Å². The molecule has 0 radical (unpaired) electrons. The van der Waals surface area contributed by atoms with Crippen LogP contribution in [0.3, 0.4) is 0 Å². The maximum Gasteiger partial charge on any atom is 0.255 e. The van der Waals surface area contributed by atoms with Crippen molar-refractivity contribution in [1.82, 2.24) is 4.98 Å². The molecular weight excluding hydrogens is 274 g/mol. The quantitative estimate of drug-likeness (QED) is 0.751. The van der Waals surface area contributed by atoms with Crippen LogP contribution in [-0.2, 0) is 0 Å². The number of benzene rings is 1. The summed E-state index contributed by atoms with van der Waals surface area (Å²) in [4.78, 5) is 16.5. The van der Waals surface area contributed by atoms with Crippen molar-refractivity contribution in [2.75, 3.05) is 17.2 Å². The summed E-state index contributed by atoms with van der Waals surface area (Å²) in [5.41, 5.74) is 2.42. The number of nitrogens with one attached hydrogen (secondary N) is 2. The van der Waals surface area contributed by atoms with Crippen LogP contribution in [0.15, 0.2) is 42.6 Å².